The molecule has 1 aromatic rings. The van der Waals surface area contributed by atoms with Gasteiger partial charge < -0.3 is 4.74 Å². The molecule has 0 amide bonds. The molecule has 3 nitrogen and oxygen atoms in total. The van der Waals surface area contributed by atoms with E-state index in [1.807, 2.05) is 13.0 Å². The van der Waals surface area contributed by atoms with Gasteiger partial charge in [-0.25, -0.2) is 4.98 Å². The molecular formula is C9H10BrNO2S. The number of nitrogens with zero attached hydrogens (tertiary/aromatic N) is 1. The van der Waals surface area contributed by atoms with Crippen LogP contribution in [0.5, 0.6) is 0 Å². The monoisotopic (exact) mass is 275 g/mol. The van der Waals surface area contributed by atoms with Gasteiger partial charge in [-0.05, 0) is 34.5 Å². The van der Waals surface area contributed by atoms with E-state index in [2.05, 4.69) is 25.7 Å². The number of halogens is 1. The SMILES string of the molecule is COC(=O)CSc1cc(C)c(Br)cn1. The van der Waals surface area contributed by atoms with Crippen molar-refractivity contribution in [2.24, 2.45) is 0 Å². The Morgan fingerprint density at radius 2 is 2.43 bits per heavy atom. The molecule has 14 heavy (non-hydrogen) atoms. The Kier molecular flexibility index (Phi) is 4.41. The predicted octanol–water partition coefficient (Wildman–Crippen LogP) is 2.42. The maximum absolute atomic E-state index is 10.9. The second-order valence-corrected chi connectivity index (χ2v) is 4.49. The molecule has 0 aliphatic heterocycles. The molecule has 0 unspecified atom stereocenters. The summed E-state index contributed by atoms with van der Waals surface area (Å²) in [5.41, 5.74) is 1.10. The summed E-state index contributed by atoms with van der Waals surface area (Å²) in [6, 6.07) is 1.93. The first kappa shape index (κ1) is 11.5. The molecule has 0 radical (unpaired) electrons. The summed E-state index contributed by atoms with van der Waals surface area (Å²) >= 11 is 4.73. The third-order valence-corrected chi connectivity index (χ3v) is 3.32. The largest absolute Gasteiger partial charge is 0.468 e. The number of carbonyl (C=O) groups excluding carboxylic acids is 1. The minimum Gasteiger partial charge on any atom is -0.468 e. The Morgan fingerprint density at radius 1 is 1.71 bits per heavy atom. The normalized spacial score (nSPS) is 9.93. The molecule has 0 aliphatic carbocycles. The van der Waals surface area contributed by atoms with Crippen molar-refractivity contribution in [3.8, 4) is 0 Å². The third-order valence-electron chi connectivity index (χ3n) is 1.59. The highest BCUT2D eigenvalue weighted by molar-refractivity contribution is 9.10. The molecule has 0 spiro atoms. The van der Waals surface area contributed by atoms with E-state index >= 15 is 0 Å². The first-order chi connectivity index (χ1) is 6.63. The second kappa shape index (κ2) is 5.36. The number of hydrogen-bond donors (Lipinski definition) is 0. The molecule has 76 valence electrons. The standard InChI is InChI=1S/C9H10BrNO2S/c1-6-3-8(11-4-7(6)10)14-5-9(12)13-2/h3-4H,5H2,1-2H3. The molecule has 0 aromatic carbocycles. The molecular weight excluding hydrogens is 266 g/mol. The Hall–Kier alpha value is -0.550. The number of carbonyl (C=O) groups is 1. The number of pyridine rings is 1. The van der Waals surface area contributed by atoms with Crippen LogP contribution in [-0.2, 0) is 9.53 Å². The fourth-order valence-corrected chi connectivity index (χ4v) is 1.77. The highest BCUT2D eigenvalue weighted by atomic mass is 79.9. The summed E-state index contributed by atoms with van der Waals surface area (Å²) in [6.07, 6.45) is 1.73. The molecule has 0 saturated carbocycles. The van der Waals surface area contributed by atoms with Gasteiger partial charge in [0.15, 0.2) is 0 Å². The lowest BCUT2D eigenvalue weighted by atomic mass is 10.3. The van der Waals surface area contributed by atoms with E-state index < -0.39 is 0 Å². The first-order valence-electron chi connectivity index (χ1n) is 3.95. The Bertz CT molecular complexity index is 344. The van der Waals surface area contributed by atoms with Crippen molar-refractivity contribution in [3.05, 3.63) is 22.3 Å². The van der Waals surface area contributed by atoms with Crippen molar-refractivity contribution in [3.63, 3.8) is 0 Å². The van der Waals surface area contributed by atoms with E-state index in [-0.39, 0.29) is 5.97 Å². The second-order valence-electron chi connectivity index (χ2n) is 2.64. The van der Waals surface area contributed by atoms with E-state index in [0.29, 0.717) is 5.75 Å². The zero-order chi connectivity index (χ0) is 10.6. The maximum atomic E-state index is 10.9. The number of hydrogen-bond acceptors (Lipinski definition) is 4. The molecule has 1 aromatic heterocycles. The molecule has 1 heterocycles. The van der Waals surface area contributed by atoms with Crippen LogP contribution in [0.2, 0.25) is 0 Å². The number of rotatable bonds is 3. The predicted molar refractivity (Wildman–Crippen MR) is 59.4 cm³/mol. The van der Waals surface area contributed by atoms with Gasteiger partial charge in [0.2, 0.25) is 0 Å². The van der Waals surface area contributed by atoms with Crippen LogP contribution in [0, 0.1) is 6.92 Å². The number of aryl methyl sites for hydroxylation is 1. The highest BCUT2D eigenvalue weighted by Gasteiger charge is 2.04. The fraction of sp³-hybridized carbons (Fsp3) is 0.333. The number of esters is 1. The summed E-state index contributed by atoms with van der Waals surface area (Å²) in [5.74, 6) is 0.0577. The van der Waals surface area contributed by atoms with Crippen molar-refractivity contribution in [1.82, 2.24) is 4.98 Å². The topological polar surface area (TPSA) is 39.2 Å². The fourth-order valence-electron chi connectivity index (χ4n) is 0.784. The minimum absolute atomic E-state index is 0.239. The number of ether oxygens (including phenoxy) is 1. The van der Waals surface area contributed by atoms with Gasteiger partial charge in [-0.15, -0.1) is 0 Å². The van der Waals surface area contributed by atoms with E-state index in [1.54, 1.807) is 6.20 Å². The van der Waals surface area contributed by atoms with Gasteiger partial charge >= 0.3 is 5.97 Å². The highest BCUT2D eigenvalue weighted by Crippen LogP contribution is 2.21. The lowest BCUT2D eigenvalue weighted by Gasteiger charge is -2.02. The van der Waals surface area contributed by atoms with Crippen LogP contribution in [0.3, 0.4) is 0 Å². The van der Waals surface area contributed by atoms with Gasteiger partial charge in [-0.2, -0.15) is 0 Å². The van der Waals surface area contributed by atoms with Crippen molar-refractivity contribution in [1.29, 1.82) is 0 Å². The molecule has 0 atom stereocenters. The van der Waals surface area contributed by atoms with E-state index in [4.69, 9.17) is 0 Å². The maximum Gasteiger partial charge on any atom is 0.316 e. The Morgan fingerprint density at radius 3 is 3.00 bits per heavy atom. The van der Waals surface area contributed by atoms with Gasteiger partial charge in [-0.1, -0.05) is 11.8 Å². The van der Waals surface area contributed by atoms with Gasteiger partial charge in [0, 0.05) is 10.7 Å². The molecule has 0 aliphatic rings. The third kappa shape index (κ3) is 3.31. The van der Waals surface area contributed by atoms with Crippen LogP contribution >= 0.6 is 27.7 Å². The Balaban J connectivity index is 2.60. The number of thioether (sulfide) groups is 1. The van der Waals surface area contributed by atoms with Crippen LogP contribution in [0.15, 0.2) is 21.8 Å². The number of aromatic nitrogens is 1. The molecule has 0 bridgehead atoms. The molecule has 1 rings (SSSR count). The van der Waals surface area contributed by atoms with Crippen LogP contribution in [-0.4, -0.2) is 23.8 Å². The van der Waals surface area contributed by atoms with Gasteiger partial charge in [-0.3, -0.25) is 4.79 Å². The summed E-state index contributed by atoms with van der Waals surface area (Å²) in [7, 11) is 1.38. The van der Waals surface area contributed by atoms with E-state index in [0.717, 1.165) is 15.1 Å². The van der Waals surface area contributed by atoms with Crippen LogP contribution in [0.1, 0.15) is 5.56 Å². The minimum atomic E-state index is -0.239. The smallest absolute Gasteiger partial charge is 0.316 e. The van der Waals surface area contributed by atoms with Crippen molar-refractivity contribution >= 4 is 33.7 Å². The summed E-state index contributed by atoms with van der Waals surface area (Å²) in [6.45, 7) is 1.98. The van der Waals surface area contributed by atoms with Crippen LogP contribution in [0.4, 0.5) is 0 Å². The van der Waals surface area contributed by atoms with Gasteiger partial charge in [0.1, 0.15) is 0 Å². The lowest BCUT2D eigenvalue weighted by molar-refractivity contribution is -0.137. The first-order valence-corrected chi connectivity index (χ1v) is 5.73. The van der Waals surface area contributed by atoms with E-state index in [9.17, 15) is 4.79 Å². The van der Waals surface area contributed by atoms with Gasteiger partial charge in [0.05, 0.1) is 17.9 Å². The average Bonchev–Trinajstić information content (AvgIpc) is 2.19. The Labute approximate surface area is 95.4 Å². The summed E-state index contributed by atoms with van der Waals surface area (Å²) in [4.78, 5) is 15.0. The summed E-state index contributed by atoms with van der Waals surface area (Å²) in [5, 5.41) is 0.830. The average molecular weight is 276 g/mol. The molecule has 0 saturated heterocycles. The zero-order valence-corrected chi connectivity index (χ0v) is 10.3. The lowest BCUT2D eigenvalue weighted by Crippen LogP contribution is -2.03. The number of methoxy groups -OCH3 is 1. The summed E-state index contributed by atoms with van der Waals surface area (Å²) < 4.78 is 5.50. The molecule has 5 heteroatoms. The molecule has 0 N–H and O–H groups in total. The zero-order valence-electron chi connectivity index (χ0n) is 7.91. The van der Waals surface area contributed by atoms with Gasteiger partial charge in [0.25, 0.3) is 0 Å². The van der Waals surface area contributed by atoms with Crippen molar-refractivity contribution < 1.29 is 9.53 Å². The molecule has 0 fully saturated rings. The van der Waals surface area contributed by atoms with Crippen LogP contribution < -0.4 is 0 Å². The van der Waals surface area contributed by atoms with Crippen molar-refractivity contribution in [2.45, 2.75) is 11.9 Å². The quantitative estimate of drug-likeness (QED) is 0.628. The van der Waals surface area contributed by atoms with E-state index in [1.165, 1.54) is 18.9 Å². The van der Waals surface area contributed by atoms with Crippen LogP contribution in [0.25, 0.3) is 0 Å². The van der Waals surface area contributed by atoms with Crippen molar-refractivity contribution in [2.75, 3.05) is 12.9 Å².